The Hall–Kier alpha value is -1.10. The zero-order valence-corrected chi connectivity index (χ0v) is 9.19. The molecule has 0 radical (unpaired) electrons. The van der Waals surface area contributed by atoms with Crippen LogP contribution in [0.3, 0.4) is 0 Å². The number of nitrogens with one attached hydrogen (secondary N) is 1. The first-order valence-electron chi connectivity index (χ1n) is 5.28. The number of amides is 1. The molecule has 0 aromatic rings. The number of rotatable bonds is 3. The van der Waals surface area contributed by atoms with Gasteiger partial charge in [0.1, 0.15) is 6.04 Å². The predicted octanol–water partition coefficient (Wildman–Crippen LogP) is 0.0600. The van der Waals surface area contributed by atoms with Gasteiger partial charge in [0, 0.05) is 6.54 Å². The maximum absolute atomic E-state index is 11.8. The molecule has 86 valence electrons. The van der Waals surface area contributed by atoms with Crippen LogP contribution in [-0.2, 0) is 9.59 Å². The molecule has 1 rings (SSSR count). The highest BCUT2D eigenvalue weighted by Crippen LogP contribution is 2.18. The van der Waals surface area contributed by atoms with Gasteiger partial charge in [0.05, 0.1) is 6.04 Å². The van der Waals surface area contributed by atoms with Crippen molar-refractivity contribution in [2.24, 2.45) is 0 Å². The largest absolute Gasteiger partial charge is 0.480 e. The van der Waals surface area contributed by atoms with Gasteiger partial charge in [0.2, 0.25) is 5.91 Å². The minimum absolute atomic E-state index is 0.121. The fourth-order valence-electron chi connectivity index (χ4n) is 1.82. The minimum Gasteiger partial charge on any atom is -0.480 e. The Morgan fingerprint density at radius 3 is 2.67 bits per heavy atom. The summed E-state index contributed by atoms with van der Waals surface area (Å²) in [5.41, 5.74) is 0. The van der Waals surface area contributed by atoms with Gasteiger partial charge >= 0.3 is 5.97 Å². The predicted molar refractivity (Wildman–Crippen MR) is 55.5 cm³/mol. The van der Waals surface area contributed by atoms with E-state index in [1.54, 1.807) is 14.0 Å². The van der Waals surface area contributed by atoms with Crippen LogP contribution in [0, 0.1) is 0 Å². The number of carboxylic acid groups (broad SMARTS) is 1. The summed E-state index contributed by atoms with van der Waals surface area (Å²) in [6, 6.07) is -0.952. The molecule has 5 heteroatoms. The molecule has 1 amide bonds. The third-order valence-electron chi connectivity index (χ3n) is 2.87. The van der Waals surface area contributed by atoms with Crippen LogP contribution in [0.25, 0.3) is 0 Å². The number of carbonyl (C=O) groups excluding carboxylic acids is 1. The fourth-order valence-corrected chi connectivity index (χ4v) is 1.82. The number of aliphatic carboxylic acids is 1. The van der Waals surface area contributed by atoms with Crippen molar-refractivity contribution in [3.8, 4) is 0 Å². The highest BCUT2D eigenvalue weighted by atomic mass is 16.4. The Labute approximate surface area is 89.4 Å². The zero-order chi connectivity index (χ0) is 11.4. The van der Waals surface area contributed by atoms with Crippen molar-refractivity contribution in [3.63, 3.8) is 0 Å². The van der Waals surface area contributed by atoms with Gasteiger partial charge in [0.15, 0.2) is 0 Å². The van der Waals surface area contributed by atoms with Crippen molar-refractivity contribution >= 4 is 11.9 Å². The van der Waals surface area contributed by atoms with Gasteiger partial charge in [-0.1, -0.05) is 0 Å². The Morgan fingerprint density at radius 2 is 2.13 bits per heavy atom. The molecule has 0 aromatic heterocycles. The van der Waals surface area contributed by atoms with E-state index in [1.165, 1.54) is 4.90 Å². The smallest absolute Gasteiger partial charge is 0.326 e. The van der Waals surface area contributed by atoms with Crippen LogP contribution in [0.4, 0.5) is 0 Å². The number of likely N-dealkylation sites (N-methyl/N-ethyl adjacent to an activating group) is 1. The van der Waals surface area contributed by atoms with E-state index < -0.39 is 12.0 Å². The van der Waals surface area contributed by atoms with Crippen LogP contribution in [0.15, 0.2) is 0 Å². The Morgan fingerprint density at radius 1 is 1.47 bits per heavy atom. The van der Waals surface area contributed by atoms with E-state index in [1.807, 2.05) is 0 Å². The summed E-state index contributed by atoms with van der Waals surface area (Å²) in [5.74, 6) is -1.02. The highest BCUT2D eigenvalue weighted by molar-refractivity contribution is 5.86. The Balaban J connectivity index is 2.71. The number of piperidine rings is 1. The molecule has 0 spiro atoms. The third-order valence-corrected chi connectivity index (χ3v) is 2.87. The van der Waals surface area contributed by atoms with Gasteiger partial charge in [-0.2, -0.15) is 0 Å². The van der Waals surface area contributed by atoms with Crippen molar-refractivity contribution in [1.82, 2.24) is 10.2 Å². The van der Waals surface area contributed by atoms with Crippen molar-refractivity contribution < 1.29 is 14.7 Å². The first-order chi connectivity index (χ1) is 7.07. The first kappa shape index (κ1) is 12.0. The van der Waals surface area contributed by atoms with Crippen LogP contribution in [-0.4, -0.2) is 47.6 Å². The number of likely N-dealkylation sites (tertiary alicyclic amines) is 1. The zero-order valence-electron chi connectivity index (χ0n) is 9.19. The molecule has 2 unspecified atom stereocenters. The SMILES string of the molecule is CNC(C)C(=O)N1CCCCC1C(=O)O. The molecule has 1 aliphatic heterocycles. The topological polar surface area (TPSA) is 69.6 Å². The monoisotopic (exact) mass is 214 g/mol. The lowest BCUT2D eigenvalue weighted by molar-refractivity contribution is -0.152. The molecule has 1 heterocycles. The molecule has 0 aliphatic carbocycles. The quantitative estimate of drug-likeness (QED) is 0.697. The summed E-state index contributed by atoms with van der Waals surface area (Å²) >= 11 is 0. The molecule has 0 aromatic carbocycles. The van der Waals surface area contributed by atoms with E-state index in [2.05, 4.69) is 5.32 Å². The lowest BCUT2D eigenvalue weighted by Gasteiger charge is -2.34. The van der Waals surface area contributed by atoms with Crippen molar-refractivity contribution in [1.29, 1.82) is 0 Å². The van der Waals surface area contributed by atoms with Crippen molar-refractivity contribution in [2.75, 3.05) is 13.6 Å². The second-order valence-corrected chi connectivity index (χ2v) is 3.89. The summed E-state index contributed by atoms with van der Waals surface area (Å²) in [7, 11) is 1.70. The van der Waals surface area contributed by atoms with E-state index >= 15 is 0 Å². The van der Waals surface area contributed by atoms with Gasteiger partial charge < -0.3 is 15.3 Å². The van der Waals surface area contributed by atoms with E-state index in [0.29, 0.717) is 13.0 Å². The summed E-state index contributed by atoms with van der Waals surface area (Å²) < 4.78 is 0. The number of carbonyl (C=O) groups is 2. The third kappa shape index (κ3) is 2.68. The molecule has 2 N–H and O–H groups in total. The molecule has 2 atom stereocenters. The maximum Gasteiger partial charge on any atom is 0.326 e. The van der Waals surface area contributed by atoms with Crippen molar-refractivity contribution in [2.45, 2.75) is 38.3 Å². The molecule has 15 heavy (non-hydrogen) atoms. The second kappa shape index (κ2) is 5.11. The van der Waals surface area contributed by atoms with Gasteiger partial charge in [-0.25, -0.2) is 4.79 Å². The average molecular weight is 214 g/mol. The molecular formula is C10H18N2O3. The second-order valence-electron chi connectivity index (χ2n) is 3.89. The van der Waals surface area contributed by atoms with Gasteiger partial charge in [0.25, 0.3) is 0 Å². The number of hydrogen-bond acceptors (Lipinski definition) is 3. The fraction of sp³-hybridized carbons (Fsp3) is 0.800. The maximum atomic E-state index is 11.8. The lowest BCUT2D eigenvalue weighted by Crippen LogP contribution is -2.53. The Bertz CT molecular complexity index is 255. The van der Waals surface area contributed by atoms with Crippen LogP contribution in [0.1, 0.15) is 26.2 Å². The Kier molecular flexibility index (Phi) is 4.08. The molecule has 0 bridgehead atoms. The van der Waals surface area contributed by atoms with Crippen LogP contribution in [0.2, 0.25) is 0 Å². The average Bonchev–Trinajstić information content (AvgIpc) is 2.27. The summed E-state index contributed by atoms with van der Waals surface area (Å²) in [5, 5.41) is 11.8. The van der Waals surface area contributed by atoms with E-state index in [4.69, 9.17) is 5.11 Å². The molecule has 1 saturated heterocycles. The van der Waals surface area contributed by atoms with Crippen LogP contribution in [0.5, 0.6) is 0 Å². The molecule has 1 fully saturated rings. The van der Waals surface area contributed by atoms with Crippen LogP contribution < -0.4 is 5.32 Å². The first-order valence-corrected chi connectivity index (χ1v) is 5.28. The molecular weight excluding hydrogens is 196 g/mol. The normalized spacial score (nSPS) is 23.6. The standard InChI is InChI=1S/C10H18N2O3/c1-7(11-2)9(13)12-6-4-3-5-8(12)10(14)15/h7-8,11H,3-6H2,1-2H3,(H,14,15). The molecule has 1 aliphatic rings. The number of nitrogens with zero attached hydrogens (tertiary/aromatic N) is 1. The highest BCUT2D eigenvalue weighted by Gasteiger charge is 2.33. The lowest BCUT2D eigenvalue weighted by atomic mass is 10.0. The van der Waals surface area contributed by atoms with Crippen molar-refractivity contribution in [3.05, 3.63) is 0 Å². The summed E-state index contributed by atoms with van der Waals surface area (Å²) in [4.78, 5) is 24.3. The summed E-state index contributed by atoms with van der Waals surface area (Å²) in [6.45, 7) is 2.30. The van der Waals surface area contributed by atoms with Gasteiger partial charge in [-0.15, -0.1) is 0 Å². The van der Waals surface area contributed by atoms with E-state index in [-0.39, 0.29) is 11.9 Å². The number of carboxylic acids is 1. The minimum atomic E-state index is -0.897. The summed E-state index contributed by atoms with van der Waals surface area (Å²) in [6.07, 6.45) is 2.35. The molecule has 5 nitrogen and oxygen atoms in total. The molecule has 0 saturated carbocycles. The number of hydrogen-bond donors (Lipinski definition) is 2. The van der Waals surface area contributed by atoms with Crippen LogP contribution >= 0.6 is 0 Å². The van der Waals surface area contributed by atoms with E-state index in [0.717, 1.165) is 12.8 Å². The van der Waals surface area contributed by atoms with Gasteiger partial charge in [-0.05, 0) is 33.2 Å². The van der Waals surface area contributed by atoms with E-state index in [9.17, 15) is 9.59 Å². The van der Waals surface area contributed by atoms with Gasteiger partial charge in [-0.3, -0.25) is 4.79 Å².